The summed E-state index contributed by atoms with van der Waals surface area (Å²) >= 11 is 0. The molecule has 1 unspecified atom stereocenters. The van der Waals surface area contributed by atoms with Crippen molar-refractivity contribution < 1.29 is 19.8 Å². The molecular weight excluding hydrogens is 176 g/mol. The predicted molar refractivity (Wildman–Crippen MR) is 44.5 cm³/mol. The molecule has 0 aromatic carbocycles. The molecule has 76 valence electrons. The Hall–Kier alpha value is -1.14. The maximum atomic E-state index is 10.6. The Morgan fingerprint density at radius 2 is 1.62 bits per heavy atom. The van der Waals surface area contributed by atoms with E-state index in [0.29, 0.717) is 0 Å². The number of aliphatic hydroxyl groups excluding tert-OH is 2. The van der Waals surface area contributed by atoms with E-state index in [-0.39, 0.29) is 0 Å². The van der Waals surface area contributed by atoms with E-state index in [1.807, 2.05) is 0 Å². The minimum Gasteiger partial charge on any atom is -0.394 e. The first-order valence-electron chi connectivity index (χ1n) is 3.80. The van der Waals surface area contributed by atoms with Crippen LogP contribution >= 0.6 is 0 Å². The van der Waals surface area contributed by atoms with Gasteiger partial charge in [-0.2, -0.15) is 0 Å². The molecule has 0 aliphatic carbocycles. The van der Waals surface area contributed by atoms with E-state index in [0.717, 1.165) is 0 Å². The zero-order chi connectivity index (χ0) is 10.4. The second-order valence-electron chi connectivity index (χ2n) is 2.63. The highest BCUT2D eigenvalue weighted by atomic mass is 16.3. The van der Waals surface area contributed by atoms with Gasteiger partial charge in [0.05, 0.1) is 6.61 Å². The molecule has 0 aliphatic heterocycles. The van der Waals surface area contributed by atoms with Gasteiger partial charge in [0.2, 0.25) is 11.8 Å². The Morgan fingerprint density at radius 1 is 1.23 bits per heavy atom. The average Bonchev–Trinajstić information content (AvgIpc) is 2.00. The summed E-state index contributed by atoms with van der Waals surface area (Å²) in [5, 5.41) is 22.3. The van der Waals surface area contributed by atoms with E-state index < -0.39 is 30.7 Å². The van der Waals surface area contributed by atoms with Crippen molar-refractivity contribution in [2.45, 2.75) is 26.1 Å². The number of nitrogens with one attached hydrogen (secondary N) is 2. The molecule has 0 aromatic heterocycles. The second kappa shape index (κ2) is 5.50. The molecule has 6 heteroatoms. The van der Waals surface area contributed by atoms with Crippen LogP contribution in [-0.4, -0.2) is 40.9 Å². The van der Waals surface area contributed by atoms with Crippen molar-refractivity contribution in [3.8, 4) is 0 Å². The summed E-state index contributed by atoms with van der Waals surface area (Å²) in [6, 6.07) is 0. The highest BCUT2D eigenvalue weighted by Crippen LogP contribution is 1.88. The molecule has 0 saturated heterocycles. The number of aliphatic hydroxyl groups is 2. The van der Waals surface area contributed by atoms with E-state index in [2.05, 4.69) is 10.6 Å². The molecular formula is C7H14N2O4. The molecule has 0 saturated carbocycles. The number of carbonyl (C=O) groups is 2. The molecule has 0 heterocycles. The van der Waals surface area contributed by atoms with Gasteiger partial charge in [-0.15, -0.1) is 0 Å². The third-order valence-corrected chi connectivity index (χ3v) is 1.29. The Balaban J connectivity index is 4.17. The smallest absolute Gasteiger partial charge is 0.218 e. The van der Waals surface area contributed by atoms with Gasteiger partial charge in [-0.05, 0) is 0 Å². The Labute approximate surface area is 75.9 Å². The molecule has 6 nitrogen and oxygen atoms in total. The molecule has 0 bridgehead atoms. The van der Waals surface area contributed by atoms with Crippen molar-refractivity contribution in [3.05, 3.63) is 0 Å². The van der Waals surface area contributed by atoms with Crippen molar-refractivity contribution in [1.29, 1.82) is 0 Å². The molecule has 0 aliphatic rings. The number of hydrogen-bond acceptors (Lipinski definition) is 4. The molecule has 1 atom stereocenters. The van der Waals surface area contributed by atoms with Crippen molar-refractivity contribution in [2.75, 3.05) is 6.61 Å². The van der Waals surface area contributed by atoms with Crippen LogP contribution in [0.15, 0.2) is 0 Å². The van der Waals surface area contributed by atoms with Crippen LogP contribution in [0.25, 0.3) is 0 Å². The molecule has 4 N–H and O–H groups in total. The summed E-state index contributed by atoms with van der Waals surface area (Å²) < 4.78 is 0. The first-order chi connectivity index (χ1) is 5.97. The molecule has 0 radical (unpaired) electrons. The fourth-order valence-corrected chi connectivity index (χ4v) is 0.772. The van der Waals surface area contributed by atoms with Gasteiger partial charge < -0.3 is 20.8 Å². The van der Waals surface area contributed by atoms with Crippen LogP contribution in [0.1, 0.15) is 13.8 Å². The van der Waals surface area contributed by atoms with Gasteiger partial charge in [0.25, 0.3) is 0 Å². The average molecular weight is 190 g/mol. The van der Waals surface area contributed by atoms with Crippen LogP contribution < -0.4 is 10.6 Å². The summed E-state index contributed by atoms with van der Waals surface area (Å²) in [7, 11) is 0. The number of carbonyl (C=O) groups excluding carboxylic acids is 2. The van der Waals surface area contributed by atoms with Gasteiger partial charge in [0.1, 0.15) is 12.3 Å². The first kappa shape index (κ1) is 11.9. The van der Waals surface area contributed by atoms with Crippen LogP contribution in [0.5, 0.6) is 0 Å². The summed E-state index contributed by atoms with van der Waals surface area (Å²) in [5.74, 6) is -0.794. The van der Waals surface area contributed by atoms with Gasteiger partial charge in [-0.1, -0.05) is 0 Å². The summed E-state index contributed by atoms with van der Waals surface area (Å²) in [5.41, 5.74) is 0. The Morgan fingerprint density at radius 3 is 1.85 bits per heavy atom. The normalized spacial score (nSPS) is 12.4. The molecule has 0 spiro atoms. The summed E-state index contributed by atoms with van der Waals surface area (Å²) in [4.78, 5) is 21.2. The largest absolute Gasteiger partial charge is 0.394 e. The number of amides is 2. The third-order valence-electron chi connectivity index (χ3n) is 1.29. The zero-order valence-electron chi connectivity index (χ0n) is 7.57. The van der Waals surface area contributed by atoms with Crippen molar-refractivity contribution in [2.24, 2.45) is 0 Å². The van der Waals surface area contributed by atoms with Gasteiger partial charge in [-0.3, -0.25) is 9.59 Å². The summed E-state index contributed by atoms with van der Waals surface area (Å²) in [6.07, 6.45) is -2.15. The quantitative estimate of drug-likeness (QED) is 0.383. The fraction of sp³-hybridized carbons (Fsp3) is 0.714. The van der Waals surface area contributed by atoms with Crippen LogP contribution in [0.4, 0.5) is 0 Å². The van der Waals surface area contributed by atoms with Gasteiger partial charge in [0.15, 0.2) is 0 Å². The highest BCUT2D eigenvalue weighted by Gasteiger charge is 2.19. The molecule has 0 rings (SSSR count). The minimum atomic E-state index is -1.20. The topological polar surface area (TPSA) is 98.7 Å². The Bertz CT molecular complexity index is 179. The van der Waals surface area contributed by atoms with Crippen molar-refractivity contribution in [3.63, 3.8) is 0 Å². The maximum Gasteiger partial charge on any atom is 0.218 e. The SMILES string of the molecule is CC(=O)NC(NC(C)=O)C(O)CO. The lowest BCUT2D eigenvalue weighted by molar-refractivity contribution is -0.124. The predicted octanol–water partition coefficient (Wildman–Crippen LogP) is -2.06. The second-order valence-corrected chi connectivity index (χ2v) is 2.63. The van der Waals surface area contributed by atoms with Crippen LogP contribution in [-0.2, 0) is 9.59 Å². The molecule has 2 amide bonds. The number of hydrogen-bond donors (Lipinski definition) is 4. The molecule has 13 heavy (non-hydrogen) atoms. The van der Waals surface area contributed by atoms with Gasteiger partial charge >= 0.3 is 0 Å². The van der Waals surface area contributed by atoms with Crippen LogP contribution in [0, 0.1) is 0 Å². The maximum absolute atomic E-state index is 10.6. The van der Waals surface area contributed by atoms with Crippen LogP contribution in [0.3, 0.4) is 0 Å². The van der Waals surface area contributed by atoms with E-state index in [9.17, 15) is 9.59 Å². The van der Waals surface area contributed by atoms with Gasteiger partial charge in [0, 0.05) is 13.8 Å². The molecule has 0 aromatic rings. The zero-order valence-corrected chi connectivity index (χ0v) is 7.57. The lowest BCUT2D eigenvalue weighted by Gasteiger charge is -2.22. The van der Waals surface area contributed by atoms with Crippen molar-refractivity contribution in [1.82, 2.24) is 10.6 Å². The Kier molecular flexibility index (Phi) is 5.01. The van der Waals surface area contributed by atoms with E-state index in [1.54, 1.807) is 0 Å². The lowest BCUT2D eigenvalue weighted by Crippen LogP contribution is -2.54. The van der Waals surface area contributed by atoms with Crippen molar-refractivity contribution >= 4 is 11.8 Å². The standard InChI is InChI=1S/C7H14N2O4/c1-4(11)8-7(6(13)3-10)9-5(2)12/h6-7,10,13H,3H2,1-2H3,(H,8,11)(H,9,12). The monoisotopic (exact) mass is 190 g/mol. The lowest BCUT2D eigenvalue weighted by atomic mass is 10.3. The van der Waals surface area contributed by atoms with Gasteiger partial charge in [-0.25, -0.2) is 0 Å². The molecule has 0 fully saturated rings. The minimum absolute atomic E-state index is 0.397. The first-order valence-corrected chi connectivity index (χ1v) is 3.80. The number of rotatable bonds is 4. The van der Waals surface area contributed by atoms with E-state index in [1.165, 1.54) is 13.8 Å². The third kappa shape index (κ3) is 5.15. The fourth-order valence-electron chi connectivity index (χ4n) is 0.772. The van der Waals surface area contributed by atoms with E-state index >= 15 is 0 Å². The van der Waals surface area contributed by atoms with Crippen LogP contribution in [0.2, 0.25) is 0 Å². The highest BCUT2D eigenvalue weighted by molar-refractivity contribution is 5.76. The summed E-state index contributed by atoms with van der Waals surface area (Å²) in [6.45, 7) is 1.96. The van der Waals surface area contributed by atoms with E-state index in [4.69, 9.17) is 10.2 Å².